The molecule has 0 amide bonds. The largest absolute Gasteiger partial charge is 0.336 e. The molecule has 16 heavy (non-hydrogen) atoms. The maximum atomic E-state index is 13.6. The van der Waals surface area contributed by atoms with Gasteiger partial charge in [-0.25, -0.2) is 8.78 Å². The summed E-state index contributed by atoms with van der Waals surface area (Å²) in [6.07, 6.45) is 0. The predicted molar refractivity (Wildman–Crippen MR) is 49.3 cm³/mol. The molecule has 0 aromatic heterocycles. The summed E-state index contributed by atoms with van der Waals surface area (Å²) in [5.74, 6) is -8.23. The lowest BCUT2D eigenvalue weighted by atomic mass is 9.92. The molecule has 0 aliphatic carbocycles. The highest BCUT2D eigenvalue weighted by Crippen LogP contribution is 2.48. The van der Waals surface area contributed by atoms with Gasteiger partial charge in [0.25, 0.3) is 5.85 Å². The molecular weight excluding hydrogens is 224 g/mol. The van der Waals surface area contributed by atoms with E-state index >= 15 is 0 Å². The Morgan fingerprint density at radius 1 is 1.25 bits per heavy atom. The van der Waals surface area contributed by atoms with Gasteiger partial charge in [0.15, 0.2) is 0 Å². The van der Waals surface area contributed by atoms with Gasteiger partial charge in [-0.05, 0) is 24.1 Å². The quantitative estimate of drug-likeness (QED) is 0.625. The van der Waals surface area contributed by atoms with Crippen molar-refractivity contribution in [1.82, 2.24) is 0 Å². The minimum Gasteiger partial charge on any atom is -0.336 e. The zero-order chi connectivity index (χ0) is 12.1. The highest BCUT2D eigenvalue weighted by Gasteiger charge is 2.58. The number of hydrogen-bond donors (Lipinski definition) is 0. The molecule has 1 atom stereocenters. The maximum absolute atomic E-state index is 13.6. The summed E-state index contributed by atoms with van der Waals surface area (Å²) in [6.45, 7) is 1.83. The fraction of sp³-hybridized carbons (Fsp3) is 0.455. The van der Waals surface area contributed by atoms with Crippen molar-refractivity contribution in [1.29, 1.82) is 0 Å². The van der Waals surface area contributed by atoms with Crippen LogP contribution in [0.15, 0.2) is 12.1 Å². The molecule has 0 saturated carbocycles. The summed E-state index contributed by atoms with van der Waals surface area (Å²) >= 11 is 0. The van der Waals surface area contributed by atoms with Crippen LogP contribution in [-0.2, 0) is 17.3 Å². The van der Waals surface area contributed by atoms with Crippen molar-refractivity contribution in [3.8, 4) is 0 Å². The topological polar surface area (TPSA) is 9.23 Å². The number of alkyl halides is 3. The van der Waals surface area contributed by atoms with E-state index in [1.807, 2.05) is 0 Å². The highest BCUT2D eigenvalue weighted by atomic mass is 19.3. The van der Waals surface area contributed by atoms with Crippen LogP contribution in [0.4, 0.5) is 17.6 Å². The minimum atomic E-state index is -3.97. The minimum absolute atomic E-state index is 0.00220. The van der Waals surface area contributed by atoms with Gasteiger partial charge in [0.1, 0.15) is 5.82 Å². The molecule has 1 aliphatic rings. The van der Waals surface area contributed by atoms with Crippen LogP contribution in [0.5, 0.6) is 0 Å². The highest BCUT2D eigenvalue weighted by molar-refractivity contribution is 5.38. The average Bonchev–Trinajstić information content (AvgIpc) is 2.11. The molecule has 1 aromatic rings. The van der Waals surface area contributed by atoms with Crippen molar-refractivity contribution in [2.45, 2.75) is 32.2 Å². The number of ether oxygens (including phenoxy) is 1. The van der Waals surface area contributed by atoms with Crippen molar-refractivity contribution in [3.05, 3.63) is 34.6 Å². The van der Waals surface area contributed by atoms with Crippen LogP contribution in [-0.4, -0.2) is 5.85 Å². The van der Waals surface area contributed by atoms with E-state index in [0.29, 0.717) is 12.5 Å². The van der Waals surface area contributed by atoms with E-state index in [4.69, 9.17) is 0 Å². The second-order valence-corrected chi connectivity index (χ2v) is 4.06. The van der Waals surface area contributed by atoms with E-state index in [1.165, 1.54) is 6.07 Å². The number of halogens is 4. The Morgan fingerprint density at radius 2 is 1.88 bits per heavy atom. The summed E-state index contributed by atoms with van der Waals surface area (Å²) in [4.78, 5) is 0. The number of hydrogen-bond acceptors (Lipinski definition) is 1. The number of aryl methyl sites for hydroxylation is 1. The zero-order valence-corrected chi connectivity index (χ0v) is 8.78. The molecular formula is C11H10F4O. The lowest BCUT2D eigenvalue weighted by Gasteiger charge is -2.36. The molecule has 0 N–H and O–H groups in total. The lowest BCUT2D eigenvalue weighted by Crippen LogP contribution is -2.46. The first-order valence-electron chi connectivity index (χ1n) is 4.76. The Labute approximate surface area is 90.0 Å². The molecule has 0 radical (unpaired) electrons. The first-order valence-corrected chi connectivity index (χ1v) is 4.76. The van der Waals surface area contributed by atoms with Crippen LogP contribution >= 0.6 is 0 Å². The van der Waals surface area contributed by atoms with Gasteiger partial charge in [0.05, 0.1) is 12.2 Å². The van der Waals surface area contributed by atoms with Crippen molar-refractivity contribution < 1.29 is 22.3 Å². The molecule has 2 rings (SSSR count). The van der Waals surface area contributed by atoms with Gasteiger partial charge in [-0.2, -0.15) is 8.78 Å². The van der Waals surface area contributed by atoms with Gasteiger partial charge < -0.3 is 4.74 Å². The molecule has 1 aliphatic heterocycles. The van der Waals surface area contributed by atoms with E-state index in [9.17, 15) is 17.6 Å². The summed E-state index contributed by atoms with van der Waals surface area (Å²) in [5.41, 5.74) is -0.398. The van der Waals surface area contributed by atoms with E-state index in [-0.39, 0.29) is 12.2 Å². The van der Waals surface area contributed by atoms with Gasteiger partial charge in [0.2, 0.25) is 0 Å². The van der Waals surface area contributed by atoms with E-state index in [1.54, 1.807) is 6.92 Å². The second kappa shape index (κ2) is 3.20. The smallest absolute Gasteiger partial charge is 0.333 e. The second-order valence-electron chi connectivity index (χ2n) is 4.06. The number of fused-ring (bicyclic) bond motifs is 1. The molecule has 1 unspecified atom stereocenters. The molecule has 88 valence electrons. The standard InChI is InChI=1S/C11H10F4O/c1-6-3-7-5-16-10(2,13)11(14,15)9(7)8(12)4-6/h3-4H,5H2,1-2H3. The Balaban J connectivity index is 2.68. The van der Waals surface area contributed by atoms with Gasteiger partial charge in [-0.15, -0.1) is 0 Å². The van der Waals surface area contributed by atoms with E-state index in [2.05, 4.69) is 4.74 Å². The van der Waals surface area contributed by atoms with Crippen LogP contribution in [0.2, 0.25) is 0 Å². The number of rotatable bonds is 0. The van der Waals surface area contributed by atoms with Crippen LogP contribution in [0, 0.1) is 12.7 Å². The monoisotopic (exact) mass is 234 g/mol. The zero-order valence-electron chi connectivity index (χ0n) is 8.78. The van der Waals surface area contributed by atoms with Crippen LogP contribution in [0.3, 0.4) is 0 Å². The first-order chi connectivity index (χ1) is 7.25. The Bertz CT molecular complexity index is 440. The van der Waals surface area contributed by atoms with Gasteiger partial charge >= 0.3 is 5.92 Å². The van der Waals surface area contributed by atoms with E-state index < -0.39 is 23.2 Å². The normalized spacial score (nSPS) is 27.6. The van der Waals surface area contributed by atoms with Gasteiger partial charge in [0, 0.05) is 6.92 Å². The Morgan fingerprint density at radius 3 is 2.50 bits per heavy atom. The third-order valence-corrected chi connectivity index (χ3v) is 2.69. The predicted octanol–water partition coefficient (Wildman–Crippen LogP) is 3.44. The molecule has 0 bridgehead atoms. The molecule has 1 heterocycles. The van der Waals surface area contributed by atoms with E-state index in [0.717, 1.165) is 6.07 Å². The third kappa shape index (κ3) is 1.42. The Hall–Kier alpha value is -1.10. The maximum Gasteiger partial charge on any atom is 0.333 e. The van der Waals surface area contributed by atoms with Crippen molar-refractivity contribution in [2.24, 2.45) is 0 Å². The first kappa shape index (κ1) is 11.4. The molecule has 5 heteroatoms. The molecule has 1 aromatic carbocycles. The fourth-order valence-corrected chi connectivity index (χ4v) is 1.81. The van der Waals surface area contributed by atoms with Crippen LogP contribution in [0.1, 0.15) is 23.6 Å². The van der Waals surface area contributed by atoms with Crippen molar-refractivity contribution in [3.63, 3.8) is 0 Å². The number of benzene rings is 1. The fourth-order valence-electron chi connectivity index (χ4n) is 1.81. The summed E-state index contributed by atoms with van der Waals surface area (Å²) in [5, 5.41) is 0. The SMILES string of the molecule is Cc1cc(F)c2c(c1)COC(C)(F)C2(F)F. The average molecular weight is 234 g/mol. The summed E-state index contributed by atoms with van der Waals surface area (Å²) < 4.78 is 58.6. The van der Waals surface area contributed by atoms with Gasteiger partial charge in [-0.1, -0.05) is 6.07 Å². The molecule has 1 nitrogen and oxygen atoms in total. The van der Waals surface area contributed by atoms with Gasteiger partial charge in [-0.3, -0.25) is 0 Å². The Kier molecular flexibility index (Phi) is 2.28. The van der Waals surface area contributed by atoms with Crippen LogP contribution in [0.25, 0.3) is 0 Å². The third-order valence-electron chi connectivity index (χ3n) is 2.69. The lowest BCUT2D eigenvalue weighted by molar-refractivity contribution is -0.291. The molecule has 0 spiro atoms. The summed E-state index contributed by atoms with van der Waals surface area (Å²) in [7, 11) is 0. The van der Waals surface area contributed by atoms with Crippen molar-refractivity contribution >= 4 is 0 Å². The molecule has 0 fully saturated rings. The molecule has 0 saturated heterocycles. The van der Waals surface area contributed by atoms with Crippen molar-refractivity contribution in [2.75, 3.05) is 0 Å². The van der Waals surface area contributed by atoms with Crippen LogP contribution < -0.4 is 0 Å². The summed E-state index contributed by atoms with van der Waals surface area (Å²) in [6, 6.07) is 2.34.